The molecule has 26 heavy (non-hydrogen) atoms. The number of benzene rings is 1. The van der Waals surface area contributed by atoms with E-state index in [1.165, 1.54) is 18.5 Å². The van der Waals surface area contributed by atoms with Gasteiger partial charge in [0.25, 0.3) is 0 Å². The Hall–Kier alpha value is -3.36. The van der Waals surface area contributed by atoms with Gasteiger partial charge in [-0.05, 0) is 18.2 Å². The highest BCUT2D eigenvalue weighted by molar-refractivity contribution is 5.89. The summed E-state index contributed by atoms with van der Waals surface area (Å²) in [5.41, 5.74) is 1.49. The Bertz CT molecular complexity index is 1090. The first-order valence-corrected chi connectivity index (χ1v) is 8.34. The van der Waals surface area contributed by atoms with Crippen LogP contribution in [0.15, 0.2) is 43.2 Å². The fraction of sp³-hybridized carbons (Fsp3) is 0.235. The summed E-state index contributed by atoms with van der Waals surface area (Å²) in [6.45, 7) is 3.03. The summed E-state index contributed by atoms with van der Waals surface area (Å²) in [7, 11) is 0. The Morgan fingerprint density at radius 1 is 0.923 bits per heavy atom. The molecule has 5 rings (SSSR count). The molecule has 1 fully saturated rings. The summed E-state index contributed by atoms with van der Waals surface area (Å²) >= 11 is 0. The average molecular weight is 350 g/mol. The molecule has 130 valence electrons. The highest BCUT2D eigenvalue weighted by Crippen LogP contribution is 2.26. The minimum absolute atomic E-state index is 0.283. The second-order valence-electron chi connectivity index (χ2n) is 6.15. The second-order valence-corrected chi connectivity index (χ2v) is 6.15. The Labute approximate surface area is 147 Å². The molecule has 1 aliphatic rings. The largest absolute Gasteiger partial charge is 0.352 e. The molecule has 0 spiro atoms. The van der Waals surface area contributed by atoms with Crippen LogP contribution in [0.5, 0.6) is 0 Å². The first-order chi connectivity index (χ1) is 12.8. The summed E-state index contributed by atoms with van der Waals surface area (Å²) in [5, 5.41) is 8.83. The average Bonchev–Trinajstić information content (AvgIpc) is 3.16. The predicted molar refractivity (Wildman–Crippen MR) is 94.7 cm³/mol. The van der Waals surface area contributed by atoms with Gasteiger partial charge in [0.2, 0.25) is 5.65 Å². The van der Waals surface area contributed by atoms with Crippen LogP contribution in [0, 0.1) is 5.82 Å². The lowest BCUT2D eigenvalue weighted by atomic mass is 10.2. The molecule has 0 N–H and O–H groups in total. The third kappa shape index (κ3) is 2.40. The highest BCUT2D eigenvalue weighted by Gasteiger charge is 2.23. The first-order valence-electron chi connectivity index (χ1n) is 8.34. The number of anilines is 2. The van der Waals surface area contributed by atoms with Crippen LogP contribution >= 0.6 is 0 Å². The first kappa shape index (κ1) is 14.9. The van der Waals surface area contributed by atoms with E-state index in [1.54, 1.807) is 18.6 Å². The van der Waals surface area contributed by atoms with E-state index in [0.717, 1.165) is 54.4 Å². The standard InChI is InChI=1S/C17H15FN8/c18-12-1-2-14-13(9-12)15(21-10-20-14)24-5-7-25(8-6-24)16-17-23-22-11-26(17)4-3-19-16/h1-4,9-11H,5-8H2. The van der Waals surface area contributed by atoms with Gasteiger partial charge in [0.05, 0.1) is 5.52 Å². The van der Waals surface area contributed by atoms with Gasteiger partial charge in [0.1, 0.15) is 24.3 Å². The molecule has 0 atom stereocenters. The number of piperazine rings is 1. The molecule has 4 heterocycles. The van der Waals surface area contributed by atoms with Gasteiger partial charge < -0.3 is 9.80 Å². The molecule has 8 nitrogen and oxygen atoms in total. The lowest BCUT2D eigenvalue weighted by molar-refractivity contribution is 0.628. The van der Waals surface area contributed by atoms with Crippen molar-refractivity contribution in [2.75, 3.05) is 36.0 Å². The molecule has 0 saturated carbocycles. The van der Waals surface area contributed by atoms with Crippen LogP contribution in [-0.2, 0) is 0 Å². The van der Waals surface area contributed by atoms with Crippen molar-refractivity contribution in [1.29, 1.82) is 0 Å². The van der Waals surface area contributed by atoms with Crippen molar-refractivity contribution < 1.29 is 4.39 Å². The summed E-state index contributed by atoms with van der Waals surface area (Å²) in [5.74, 6) is 1.31. The molecular weight excluding hydrogens is 335 g/mol. The molecule has 0 unspecified atom stereocenters. The monoisotopic (exact) mass is 350 g/mol. The molecule has 0 aliphatic carbocycles. The summed E-state index contributed by atoms with van der Waals surface area (Å²) in [6, 6.07) is 4.60. The predicted octanol–water partition coefficient (Wildman–Crippen LogP) is 1.53. The van der Waals surface area contributed by atoms with Crippen LogP contribution in [-0.4, -0.2) is 55.7 Å². The summed E-state index contributed by atoms with van der Waals surface area (Å²) in [4.78, 5) is 17.4. The van der Waals surface area contributed by atoms with Crippen molar-refractivity contribution in [2.45, 2.75) is 0 Å². The van der Waals surface area contributed by atoms with Crippen molar-refractivity contribution in [3.63, 3.8) is 0 Å². The lowest BCUT2D eigenvalue weighted by Gasteiger charge is -2.36. The maximum Gasteiger partial charge on any atom is 0.203 e. The molecule has 9 heteroatoms. The number of aromatic nitrogens is 6. The SMILES string of the molecule is Fc1ccc2ncnc(N3CCN(c4nccn5cnnc45)CC3)c2c1. The van der Waals surface area contributed by atoms with Crippen molar-refractivity contribution in [2.24, 2.45) is 0 Å². The quantitative estimate of drug-likeness (QED) is 0.543. The zero-order valence-corrected chi connectivity index (χ0v) is 13.8. The molecule has 4 aromatic rings. The molecule has 1 saturated heterocycles. The van der Waals surface area contributed by atoms with Gasteiger partial charge in [0, 0.05) is 44.0 Å². The van der Waals surface area contributed by atoms with Crippen LogP contribution in [0.3, 0.4) is 0 Å². The molecule has 1 aromatic carbocycles. The maximum atomic E-state index is 13.7. The number of nitrogens with zero attached hydrogens (tertiary/aromatic N) is 8. The van der Waals surface area contributed by atoms with Crippen molar-refractivity contribution in [3.8, 4) is 0 Å². The molecule has 1 aliphatic heterocycles. The molecule has 0 bridgehead atoms. The van der Waals surface area contributed by atoms with E-state index in [4.69, 9.17) is 0 Å². The highest BCUT2D eigenvalue weighted by atomic mass is 19.1. The third-order valence-electron chi connectivity index (χ3n) is 4.65. The maximum absolute atomic E-state index is 13.7. The third-order valence-corrected chi connectivity index (χ3v) is 4.65. The number of hydrogen-bond donors (Lipinski definition) is 0. The minimum Gasteiger partial charge on any atom is -0.352 e. The van der Waals surface area contributed by atoms with Crippen molar-refractivity contribution >= 4 is 28.2 Å². The van der Waals surface area contributed by atoms with E-state index >= 15 is 0 Å². The van der Waals surface area contributed by atoms with Gasteiger partial charge in [0.15, 0.2) is 5.82 Å². The zero-order valence-electron chi connectivity index (χ0n) is 13.8. The number of hydrogen-bond acceptors (Lipinski definition) is 7. The number of fused-ring (bicyclic) bond motifs is 2. The van der Waals surface area contributed by atoms with E-state index < -0.39 is 0 Å². The number of rotatable bonds is 2. The summed E-state index contributed by atoms with van der Waals surface area (Å²) in [6.07, 6.45) is 6.77. The van der Waals surface area contributed by atoms with Gasteiger partial charge in [-0.1, -0.05) is 0 Å². The fourth-order valence-corrected chi connectivity index (χ4v) is 3.37. The molecular formula is C17H15FN8. The van der Waals surface area contributed by atoms with Crippen LogP contribution in [0.2, 0.25) is 0 Å². The summed E-state index contributed by atoms with van der Waals surface area (Å²) < 4.78 is 15.5. The molecule has 0 amide bonds. The zero-order chi connectivity index (χ0) is 17.5. The van der Waals surface area contributed by atoms with E-state index in [9.17, 15) is 4.39 Å². The van der Waals surface area contributed by atoms with E-state index in [1.807, 2.05) is 10.6 Å². The Morgan fingerprint density at radius 2 is 1.73 bits per heavy atom. The van der Waals surface area contributed by atoms with Crippen LogP contribution < -0.4 is 9.80 Å². The molecule has 3 aromatic heterocycles. The smallest absolute Gasteiger partial charge is 0.203 e. The Morgan fingerprint density at radius 3 is 2.58 bits per heavy atom. The van der Waals surface area contributed by atoms with E-state index in [2.05, 4.69) is 34.9 Å². The Kier molecular flexibility index (Phi) is 3.37. The van der Waals surface area contributed by atoms with Crippen molar-refractivity contribution in [1.82, 2.24) is 29.5 Å². The van der Waals surface area contributed by atoms with Crippen LogP contribution in [0.1, 0.15) is 0 Å². The van der Waals surface area contributed by atoms with Gasteiger partial charge in [-0.25, -0.2) is 19.3 Å². The van der Waals surface area contributed by atoms with Crippen LogP contribution in [0.25, 0.3) is 16.6 Å². The Balaban J connectivity index is 1.43. The van der Waals surface area contributed by atoms with Gasteiger partial charge in [-0.15, -0.1) is 10.2 Å². The van der Waals surface area contributed by atoms with E-state index in [0.29, 0.717) is 0 Å². The topological polar surface area (TPSA) is 75.3 Å². The second kappa shape index (κ2) is 5.87. The minimum atomic E-state index is -0.283. The van der Waals surface area contributed by atoms with Gasteiger partial charge in [-0.2, -0.15) is 0 Å². The molecule has 0 radical (unpaired) electrons. The van der Waals surface area contributed by atoms with Gasteiger partial charge >= 0.3 is 0 Å². The van der Waals surface area contributed by atoms with Gasteiger partial charge in [-0.3, -0.25) is 4.40 Å². The fourth-order valence-electron chi connectivity index (χ4n) is 3.37. The normalized spacial score (nSPS) is 15.1. The van der Waals surface area contributed by atoms with Crippen molar-refractivity contribution in [3.05, 3.63) is 49.1 Å². The van der Waals surface area contributed by atoms with E-state index in [-0.39, 0.29) is 5.82 Å². The lowest BCUT2D eigenvalue weighted by Crippen LogP contribution is -2.47. The van der Waals surface area contributed by atoms with Crippen LogP contribution in [0.4, 0.5) is 16.0 Å². The number of halogens is 1.